The minimum absolute atomic E-state index is 0.0768. The van der Waals surface area contributed by atoms with Crippen molar-refractivity contribution in [2.45, 2.75) is 51.2 Å². The number of fused-ring (bicyclic) bond motifs is 1. The van der Waals surface area contributed by atoms with E-state index >= 15 is 0 Å². The average Bonchev–Trinajstić information content (AvgIpc) is 3.40. The maximum absolute atomic E-state index is 13.6. The summed E-state index contributed by atoms with van der Waals surface area (Å²) in [6, 6.07) is 34.2. The van der Waals surface area contributed by atoms with E-state index < -0.39 is 38.8 Å². The van der Waals surface area contributed by atoms with Gasteiger partial charge in [0.05, 0.1) is 41.8 Å². The SMILES string of the molecule is COc1cc(/C=C(/CC[C@@H](O)C2=C(CO[Si](c3ccccc3)(c3ccccc3)C(C)(C)C)C[C@H]3C(=O)N(C)C(=O)[C@H]3[C@H]2CO)c2ccccc2)cc(I)c1O. The molecule has 0 unspecified atom stereocenters. The van der Waals surface area contributed by atoms with Crippen molar-refractivity contribution in [2.75, 3.05) is 27.4 Å². The molecule has 0 aromatic heterocycles. The average molecular weight is 872 g/mol. The summed E-state index contributed by atoms with van der Waals surface area (Å²) in [5.41, 5.74) is 4.11. The van der Waals surface area contributed by atoms with Crippen molar-refractivity contribution in [3.63, 3.8) is 0 Å². The number of aliphatic hydroxyl groups excluding tert-OH is 2. The van der Waals surface area contributed by atoms with Crippen LogP contribution in [0.25, 0.3) is 11.6 Å². The molecule has 4 atom stereocenters. The number of halogens is 1. The van der Waals surface area contributed by atoms with Gasteiger partial charge < -0.3 is 24.5 Å². The highest BCUT2D eigenvalue weighted by Gasteiger charge is 2.55. The summed E-state index contributed by atoms with van der Waals surface area (Å²) in [7, 11) is -0.00737. The molecule has 0 bridgehead atoms. The number of ether oxygens (including phenoxy) is 1. The molecule has 0 radical (unpaired) electrons. The predicted molar refractivity (Wildman–Crippen MR) is 227 cm³/mol. The molecule has 1 aliphatic heterocycles. The van der Waals surface area contributed by atoms with Crippen molar-refractivity contribution in [2.24, 2.45) is 17.8 Å². The Morgan fingerprint density at radius 3 is 2.07 bits per heavy atom. The van der Waals surface area contributed by atoms with Crippen LogP contribution in [-0.4, -0.2) is 73.8 Å². The molecule has 288 valence electrons. The fourth-order valence-corrected chi connectivity index (χ4v) is 13.8. The molecule has 2 aliphatic rings. The third-order valence-corrected chi connectivity index (χ3v) is 17.1. The molecule has 0 saturated carbocycles. The lowest BCUT2D eigenvalue weighted by Crippen LogP contribution is -2.66. The van der Waals surface area contributed by atoms with Crippen LogP contribution in [0.15, 0.2) is 114 Å². The van der Waals surface area contributed by atoms with Gasteiger partial charge in [0.25, 0.3) is 8.32 Å². The Labute approximate surface area is 338 Å². The van der Waals surface area contributed by atoms with Crippen molar-refractivity contribution in [1.29, 1.82) is 0 Å². The number of phenolic OH excluding ortho intramolecular Hbond substituents is 1. The first-order valence-corrected chi connectivity index (χ1v) is 21.7. The lowest BCUT2D eigenvalue weighted by atomic mass is 9.68. The van der Waals surface area contributed by atoms with E-state index in [1.165, 1.54) is 19.1 Å². The molecule has 1 aliphatic carbocycles. The molecule has 55 heavy (non-hydrogen) atoms. The van der Waals surface area contributed by atoms with E-state index in [4.69, 9.17) is 9.16 Å². The van der Waals surface area contributed by atoms with Gasteiger partial charge in [0.15, 0.2) is 11.5 Å². The molecule has 2 amide bonds. The van der Waals surface area contributed by atoms with Crippen molar-refractivity contribution in [3.8, 4) is 11.5 Å². The highest BCUT2D eigenvalue weighted by atomic mass is 127. The predicted octanol–water partition coefficient (Wildman–Crippen LogP) is 6.80. The van der Waals surface area contributed by atoms with Gasteiger partial charge in [-0.1, -0.05) is 118 Å². The number of rotatable bonds is 13. The smallest absolute Gasteiger partial charge is 0.261 e. The molecule has 0 spiro atoms. The first-order valence-electron chi connectivity index (χ1n) is 18.7. The summed E-state index contributed by atoms with van der Waals surface area (Å²) in [4.78, 5) is 28.3. The minimum atomic E-state index is -3.03. The fourth-order valence-electron chi connectivity index (χ4n) is 8.64. The van der Waals surface area contributed by atoms with Crippen molar-refractivity contribution in [3.05, 3.63) is 129 Å². The van der Waals surface area contributed by atoms with Crippen molar-refractivity contribution < 1.29 is 34.1 Å². The third kappa shape index (κ3) is 7.97. The van der Waals surface area contributed by atoms with Crippen molar-refractivity contribution in [1.82, 2.24) is 4.90 Å². The van der Waals surface area contributed by atoms with Crippen LogP contribution < -0.4 is 15.1 Å². The van der Waals surface area contributed by atoms with Crippen LogP contribution in [0, 0.1) is 21.3 Å². The Morgan fingerprint density at radius 2 is 1.53 bits per heavy atom. The maximum atomic E-state index is 13.6. The summed E-state index contributed by atoms with van der Waals surface area (Å²) in [5, 5.41) is 35.7. The highest BCUT2D eigenvalue weighted by molar-refractivity contribution is 14.1. The lowest BCUT2D eigenvalue weighted by Gasteiger charge is -2.44. The van der Waals surface area contributed by atoms with Crippen molar-refractivity contribution >= 4 is 64.7 Å². The van der Waals surface area contributed by atoms with E-state index in [9.17, 15) is 24.9 Å². The zero-order valence-corrected chi connectivity index (χ0v) is 35.2. The highest BCUT2D eigenvalue weighted by Crippen LogP contribution is 2.47. The molecular weight excluding hydrogens is 821 g/mol. The number of carbonyl (C=O) groups is 2. The quantitative estimate of drug-likeness (QED) is 0.0445. The number of methoxy groups -OCH3 is 1. The van der Waals surface area contributed by atoms with Gasteiger partial charge in [0, 0.05) is 13.0 Å². The Balaban J connectivity index is 1.43. The van der Waals surface area contributed by atoms with Gasteiger partial charge in [-0.2, -0.15) is 0 Å². The van der Waals surface area contributed by atoms with Gasteiger partial charge in [-0.05, 0) is 97.2 Å². The van der Waals surface area contributed by atoms with E-state index in [0.717, 1.165) is 32.6 Å². The van der Waals surface area contributed by atoms with E-state index in [1.807, 2.05) is 78.9 Å². The number of aliphatic hydroxyl groups is 2. The number of hydrogen-bond donors (Lipinski definition) is 3. The summed E-state index contributed by atoms with van der Waals surface area (Å²) in [5.74, 6) is -2.31. The van der Waals surface area contributed by atoms with Crippen LogP contribution in [0.1, 0.15) is 51.2 Å². The molecule has 10 heteroatoms. The molecule has 1 fully saturated rings. The summed E-state index contributed by atoms with van der Waals surface area (Å²) in [6.07, 6.45) is 2.00. The molecular formula is C45H50INO7Si. The standard InChI is InChI=1S/C45H50INO7Si/c1-45(2,3)55(33-17-11-7-12-18-33,34-19-13-8-14-20-34)54-28-32-26-35-41(44(52)47(4)43(35)51)36(27-48)40(32)38(49)22-21-31(30-15-9-6-10-16-30)23-29-24-37(46)42(50)39(25-29)53-5/h6-20,23-25,35-36,38,41,48-50H,21-22,26-28H2,1-5H3/b31-23-/t35-,36+,38-,41-/m1/s1. The number of phenols is 1. The number of nitrogens with zero attached hydrogens (tertiary/aromatic N) is 1. The van der Waals surface area contributed by atoms with Gasteiger partial charge in [-0.25, -0.2) is 0 Å². The largest absolute Gasteiger partial charge is 0.504 e. The number of hydrogen-bond acceptors (Lipinski definition) is 7. The Hall–Kier alpha value is -4.07. The Morgan fingerprint density at radius 1 is 0.945 bits per heavy atom. The lowest BCUT2D eigenvalue weighted by molar-refractivity contribution is -0.138. The number of imide groups is 1. The van der Waals surface area contributed by atoms with E-state index in [1.54, 1.807) is 6.07 Å². The second kappa shape index (κ2) is 17.0. The molecule has 4 aromatic rings. The van der Waals surface area contributed by atoms with E-state index in [-0.39, 0.29) is 42.1 Å². The van der Waals surface area contributed by atoms with Gasteiger partial charge in [-0.3, -0.25) is 14.5 Å². The molecule has 3 N–H and O–H groups in total. The number of carbonyl (C=O) groups excluding carboxylic acids is 2. The molecule has 1 saturated heterocycles. The first kappa shape index (κ1) is 40.6. The summed E-state index contributed by atoms with van der Waals surface area (Å²) < 4.78 is 13.4. The summed E-state index contributed by atoms with van der Waals surface area (Å²) in [6.45, 7) is 6.35. The van der Waals surface area contributed by atoms with Crippen LogP contribution >= 0.6 is 22.6 Å². The van der Waals surface area contributed by atoms with Gasteiger partial charge in [0.2, 0.25) is 11.8 Å². The van der Waals surface area contributed by atoms with Gasteiger partial charge >= 0.3 is 0 Å². The number of aromatic hydroxyl groups is 1. The maximum Gasteiger partial charge on any atom is 0.261 e. The molecule has 6 rings (SSSR count). The first-order chi connectivity index (χ1) is 26.3. The second-order valence-electron chi connectivity index (χ2n) is 15.5. The Kier molecular flexibility index (Phi) is 12.5. The number of likely N-dealkylation sites (tertiary alicyclic amines) is 1. The second-order valence-corrected chi connectivity index (χ2v) is 21.0. The molecule has 1 heterocycles. The van der Waals surface area contributed by atoms with Gasteiger partial charge in [-0.15, -0.1) is 0 Å². The minimum Gasteiger partial charge on any atom is -0.504 e. The fraction of sp³-hybridized carbons (Fsp3) is 0.333. The summed E-state index contributed by atoms with van der Waals surface area (Å²) >= 11 is 2.08. The van der Waals surface area contributed by atoms with Crippen LogP contribution in [0.3, 0.4) is 0 Å². The Bertz CT molecular complexity index is 2020. The monoisotopic (exact) mass is 871 g/mol. The van der Waals surface area contributed by atoms with Gasteiger partial charge in [0.1, 0.15) is 0 Å². The number of amides is 2. The van der Waals surface area contributed by atoms with Crippen LogP contribution in [-0.2, 0) is 14.0 Å². The zero-order chi connectivity index (χ0) is 39.5. The topological polar surface area (TPSA) is 117 Å². The molecule has 8 nitrogen and oxygen atoms in total. The van der Waals surface area contributed by atoms with E-state index in [2.05, 4.69) is 67.6 Å². The number of allylic oxidation sites excluding steroid dienone is 1. The molecule has 4 aromatic carbocycles. The van der Waals surface area contributed by atoms with Crippen LogP contribution in [0.4, 0.5) is 0 Å². The number of benzene rings is 4. The zero-order valence-electron chi connectivity index (χ0n) is 32.0. The third-order valence-electron chi connectivity index (χ3n) is 11.3. The van der Waals surface area contributed by atoms with Crippen LogP contribution in [0.2, 0.25) is 5.04 Å². The normalized spacial score (nSPS) is 19.8. The van der Waals surface area contributed by atoms with E-state index in [0.29, 0.717) is 21.3 Å². The van der Waals surface area contributed by atoms with Crippen LogP contribution in [0.5, 0.6) is 11.5 Å².